The summed E-state index contributed by atoms with van der Waals surface area (Å²) in [6.07, 6.45) is 0. The standard InChI is InChI=1S/C20H19F2N3O3S/c1-4-29(26,27)25(3)14-7-5-13(6-8-14)19-17(12-23)16-10-9-15(28-20(21)22)11-18(16)24(19)2/h5-11,20H,4H2,1-3H3. The van der Waals surface area contributed by atoms with E-state index in [9.17, 15) is 22.5 Å². The summed E-state index contributed by atoms with van der Waals surface area (Å²) in [6.45, 7) is -1.37. The summed E-state index contributed by atoms with van der Waals surface area (Å²) in [6, 6.07) is 13.4. The van der Waals surface area contributed by atoms with Crippen LogP contribution in [0, 0.1) is 11.3 Å². The lowest BCUT2D eigenvalue weighted by molar-refractivity contribution is -0.0497. The molecule has 0 unspecified atom stereocenters. The molecule has 0 aliphatic heterocycles. The fraction of sp³-hybridized carbons (Fsp3) is 0.250. The first-order valence-electron chi connectivity index (χ1n) is 8.74. The maximum atomic E-state index is 12.5. The van der Waals surface area contributed by atoms with E-state index in [1.54, 1.807) is 48.9 Å². The first-order valence-corrected chi connectivity index (χ1v) is 10.3. The molecule has 0 saturated carbocycles. The number of aryl methyl sites for hydroxylation is 1. The fourth-order valence-corrected chi connectivity index (χ4v) is 4.06. The first-order chi connectivity index (χ1) is 13.7. The Hall–Kier alpha value is -3.12. The van der Waals surface area contributed by atoms with Crippen molar-refractivity contribution in [1.29, 1.82) is 5.26 Å². The Kier molecular flexibility index (Phi) is 5.48. The zero-order valence-corrected chi connectivity index (χ0v) is 16.9. The van der Waals surface area contributed by atoms with Crippen LogP contribution < -0.4 is 9.04 Å². The van der Waals surface area contributed by atoms with Crippen molar-refractivity contribution < 1.29 is 21.9 Å². The highest BCUT2D eigenvalue weighted by Crippen LogP contribution is 2.35. The molecule has 0 amide bonds. The lowest BCUT2D eigenvalue weighted by Gasteiger charge is -2.18. The van der Waals surface area contributed by atoms with E-state index in [0.717, 1.165) is 0 Å². The van der Waals surface area contributed by atoms with Crippen LogP contribution in [0.15, 0.2) is 42.5 Å². The van der Waals surface area contributed by atoms with Gasteiger partial charge in [-0.05, 0) is 36.8 Å². The topological polar surface area (TPSA) is 75.3 Å². The van der Waals surface area contributed by atoms with E-state index in [4.69, 9.17) is 0 Å². The number of hydrogen-bond acceptors (Lipinski definition) is 4. The zero-order chi connectivity index (χ0) is 21.3. The number of fused-ring (bicyclic) bond motifs is 1. The molecule has 0 radical (unpaired) electrons. The minimum absolute atomic E-state index is 0.00545. The Bertz CT molecular complexity index is 1200. The molecule has 0 aliphatic carbocycles. The molecule has 0 spiro atoms. The number of hydrogen-bond donors (Lipinski definition) is 0. The number of ether oxygens (including phenoxy) is 1. The van der Waals surface area contributed by atoms with Gasteiger partial charge >= 0.3 is 6.61 Å². The maximum absolute atomic E-state index is 12.5. The van der Waals surface area contributed by atoms with Gasteiger partial charge in [-0.25, -0.2) is 8.42 Å². The van der Waals surface area contributed by atoms with Gasteiger partial charge in [-0.15, -0.1) is 0 Å². The summed E-state index contributed by atoms with van der Waals surface area (Å²) in [7, 11) is -0.174. The highest BCUT2D eigenvalue weighted by Gasteiger charge is 2.19. The zero-order valence-electron chi connectivity index (χ0n) is 16.1. The molecule has 1 heterocycles. The molecule has 0 bridgehead atoms. The SMILES string of the molecule is CCS(=O)(=O)N(C)c1ccc(-c2c(C#N)c3ccc(OC(F)F)cc3n2C)cc1. The summed E-state index contributed by atoms with van der Waals surface area (Å²) >= 11 is 0. The summed E-state index contributed by atoms with van der Waals surface area (Å²) in [5.41, 5.74) is 2.77. The Morgan fingerprint density at radius 1 is 1.21 bits per heavy atom. The molecule has 9 heteroatoms. The van der Waals surface area contributed by atoms with Gasteiger partial charge in [0.2, 0.25) is 10.0 Å². The van der Waals surface area contributed by atoms with Crippen LogP contribution in [0.3, 0.4) is 0 Å². The summed E-state index contributed by atoms with van der Waals surface area (Å²) < 4.78 is 56.5. The van der Waals surface area contributed by atoms with Crippen LogP contribution in [0.1, 0.15) is 12.5 Å². The van der Waals surface area contributed by atoms with Crippen LogP contribution in [-0.2, 0) is 17.1 Å². The Morgan fingerprint density at radius 3 is 2.41 bits per heavy atom. The highest BCUT2D eigenvalue weighted by atomic mass is 32.2. The van der Waals surface area contributed by atoms with E-state index in [2.05, 4.69) is 10.8 Å². The number of sulfonamides is 1. The smallest absolute Gasteiger partial charge is 0.387 e. The van der Waals surface area contributed by atoms with E-state index in [0.29, 0.717) is 33.4 Å². The summed E-state index contributed by atoms with van der Waals surface area (Å²) in [4.78, 5) is 0. The van der Waals surface area contributed by atoms with Gasteiger partial charge in [0.15, 0.2) is 0 Å². The van der Waals surface area contributed by atoms with Gasteiger partial charge in [0.1, 0.15) is 11.8 Å². The van der Waals surface area contributed by atoms with Gasteiger partial charge in [-0.1, -0.05) is 12.1 Å². The lowest BCUT2D eigenvalue weighted by atomic mass is 10.1. The molecule has 0 saturated heterocycles. The molecule has 0 N–H and O–H groups in total. The third kappa shape index (κ3) is 3.76. The van der Waals surface area contributed by atoms with E-state index in [-0.39, 0.29) is 11.5 Å². The predicted octanol–water partition coefficient (Wildman–Crippen LogP) is 4.10. The van der Waals surface area contributed by atoms with Crippen LogP contribution in [0.5, 0.6) is 5.75 Å². The van der Waals surface area contributed by atoms with Crippen LogP contribution in [0.4, 0.5) is 14.5 Å². The maximum Gasteiger partial charge on any atom is 0.387 e. The van der Waals surface area contributed by atoms with Gasteiger partial charge in [-0.2, -0.15) is 14.0 Å². The molecule has 0 aliphatic rings. The van der Waals surface area contributed by atoms with Gasteiger partial charge in [0, 0.05) is 25.5 Å². The van der Waals surface area contributed by atoms with E-state index in [1.807, 2.05) is 0 Å². The largest absolute Gasteiger partial charge is 0.435 e. The van der Waals surface area contributed by atoms with Gasteiger partial charge < -0.3 is 9.30 Å². The van der Waals surface area contributed by atoms with E-state index in [1.165, 1.54) is 23.5 Å². The van der Waals surface area contributed by atoms with E-state index < -0.39 is 16.6 Å². The second kappa shape index (κ2) is 7.72. The molecular formula is C20H19F2N3O3S. The Morgan fingerprint density at radius 2 is 1.86 bits per heavy atom. The van der Waals surface area contributed by atoms with Crippen molar-refractivity contribution in [3.8, 4) is 23.1 Å². The molecule has 6 nitrogen and oxygen atoms in total. The fourth-order valence-electron chi connectivity index (χ4n) is 3.23. The lowest BCUT2D eigenvalue weighted by Crippen LogP contribution is -2.27. The summed E-state index contributed by atoms with van der Waals surface area (Å²) in [5.74, 6) is -0.0124. The molecule has 29 heavy (non-hydrogen) atoms. The number of aromatic nitrogens is 1. The average molecular weight is 419 g/mol. The minimum Gasteiger partial charge on any atom is -0.435 e. The van der Waals surface area contributed by atoms with Crippen LogP contribution in [-0.4, -0.2) is 32.4 Å². The monoisotopic (exact) mass is 419 g/mol. The second-order valence-electron chi connectivity index (χ2n) is 6.37. The van der Waals surface area contributed by atoms with Crippen molar-refractivity contribution in [1.82, 2.24) is 4.57 Å². The van der Waals surface area contributed by atoms with E-state index >= 15 is 0 Å². The number of halogens is 2. The number of alkyl halides is 2. The van der Waals surface area contributed by atoms with Crippen LogP contribution >= 0.6 is 0 Å². The molecule has 152 valence electrons. The van der Waals surface area contributed by atoms with Crippen molar-refractivity contribution >= 4 is 26.6 Å². The second-order valence-corrected chi connectivity index (χ2v) is 8.66. The van der Waals surface area contributed by atoms with Gasteiger partial charge in [-0.3, -0.25) is 4.31 Å². The molecule has 1 aromatic heterocycles. The van der Waals surface area contributed by atoms with Crippen LogP contribution in [0.25, 0.3) is 22.2 Å². The van der Waals surface area contributed by atoms with Crippen molar-refractivity contribution in [2.24, 2.45) is 7.05 Å². The number of benzene rings is 2. The normalized spacial score (nSPS) is 11.6. The van der Waals surface area contributed by atoms with Crippen molar-refractivity contribution in [3.05, 3.63) is 48.0 Å². The first kappa shape index (κ1) is 20.6. The predicted molar refractivity (Wildman–Crippen MR) is 108 cm³/mol. The van der Waals surface area contributed by atoms with Gasteiger partial charge in [0.05, 0.1) is 28.2 Å². The quantitative estimate of drug-likeness (QED) is 0.603. The number of nitrogens with zero attached hydrogens (tertiary/aromatic N) is 3. The minimum atomic E-state index is -3.38. The third-order valence-electron chi connectivity index (χ3n) is 4.80. The van der Waals surface area contributed by atoms with Crippen molar-refractivity contribution in [3.63, 3.8) is 0 Å². The molecule has 0 fully saturated rings. The molecule has 0 atom stereocenters. The average Bonchev–Trinajstić information content (AvgIpc) is 2.98. The van der Waals surface area contributed by atoms with Crippen LogP contribution in [0.2, 0.25) is 0 Å². The van der Waals surface area contributed by atoms with Crippen molar-refractivity contribution in [2.45, 2.75) is 13.5 Å². The number of anilines is 1. The Balaban J connectivity index is 2.10. The highest BCUT2D eigenvalue weighted by molar-refractivity contribution is 7.92. The van der Waals surface area contributed by atoms with Crippen molar-refractivity contribution in [2.75, 3.05) is 17.1 Å². The van der Waals surface area contributed by atoms with Gasteiger partial charge in [0.25, 0.3) is 0 Å². The molecular weight excluding hydrogens is 400 g/mol. The molecule has 2 aromatic carbocycles. The molecule has 3 rings (SSSR count). The number of nitriles is 1. The molecule has 3 aromatic rings. The number of rotatable bonds is 6. The third-order valence-corrected chi connectivity index (χ3v) is 6.57. The Labute approximate surface area is 167 Å². The summed E-state index contributed by atoms with van der Waals surface area (Å²) in [5, 5.41) is 10.3.